The van der Waals surface area contributed by atoms with Crippen LogP contribution in [0.5, 0.6) is 0 Å². The van der Waals surface area contributed by atoms with Gasteiger partial charge >= 0.3 is 0 Å². The Hall–Kier alpha value is -3.22. The van der Waals surface area contributed by atoms with Crippen LogP contribution >= 0.6 is 0 Å². The number of nitroso groups, excluding NO2 is 2. The number of hydrogen-bond acceptors (Lipinski definition) is 6. The average molecular weight is 471 g/mol. The molecule has 1 saturated heterocycles. The Kier molecular flexibility index (Phi) is 8.16. The summed E-state index contributed by atoms with van der Waals surface area (Å²) in [4.78, 5) is 27.1. The minimum atomic E-state index is -0.549. The second-order valence-electron chi connectivity index (χ2n) is 9.61. The Labute approximate surface area is 207 Å². The molecule has 6 nitrogen and oxygen atoms in total. The highest BCUT2D eigenvalue weighted by atomic mass is 16.3. The molecule has 0 aromatic heterocycles. The molecule has 3 aromatic carbocycles. The molecular formula is C29H34N4O2. The lowest BCUT2D eigenvalue weighted by Gasteiger charge is -2.47. The van der Waals surface area contributed by atoms with Crippen molar-refractivity contribution in [3.63, 3.8) is 0 Å². The zero-order valence-electron chi connectivity index (χ0n) is 20.5. The van der Waals surface area contributed by atoms with Gasteiger partial charge in [0.05, 0.1) is 0 Å². The van der Waals surface area contributed by atoms with Gasteiger partial charge in [-0.05, 0) is 47.6 Å². The van der Waals surface area contributed by atoms with Crippen LogP contribution in [0.4, 0.5) is 0 Å². The molecule has 2 unspecified atom stereocenters. The van der Waals surface area contributed by atoms with E-state index in [0.29, 0.717) is 26.2 Å². The van der Waals surface area contributed by atoms with Gasteiger partial charge in [-0.2, -0.15) is 9.81 Å². The molecule has 3 aromatic rings. The number of aryl methyl sites for hydroxylation is 1. The summed E-state index contributed by atoms with van der Waals surface area (Å²) in [6.45, 7) is 6.78. The maximum absolute atomic E-state index is 12.4. The lowest BCUT2D eigenvalue weighted by atomic mass is 9.65. The van der Waals surface area contributed by atoms with Crippen molar-refractivity contribution in [2.75, 3.05) is 26.2 Å². The molecule has 1 aliphatic rings. The molecule has 4 rings (SSSR count). The first kappa shape index (κ1) is 24.9. The second-order valence-corrected chi connectivity index (χ2v) is 9.61. The van der Waals surface area contributed by atoms with Crippen molar-refractivity contribution in [3.05, 3.63) is 116 Å². The van der Waals surface area contributed by atoms with Gasteiger partial charge in [0.2, 0.25) is 0 Å². The fourth-order valence-electron chi connectivity index (χ4n) is 5.84. The minimum Gasteiger partial charge on any atom is -0.329 e. The highest BCUT2D eigenvalue weighted by Crippen LogP contribution is 2.50. The van der Waals surface area contributed by atoms with Crippen LogP contribution in [-0.4, -0.2) is 31.1 Å². The summed E-state index contributed by atoms with van der Waals surface area (Å²) in [6, 6.07) is 24.7. The fourth-order valence-corrected chi connectivity index (χ4v) is 5.84. The monoisotopic (exact) mass is 470 g/mol. The number of nitrogens with zero attached hydrogens (tertiary/aromatic N) is 3. The molecule has 6 heteroatoms. The summed E-state index contributed by atoms with van der Waals surface area (Å²) in [6.07, 6.45) is 0. The predicted molar refractivity (Wildman–Crippen MR) is 141 cm³/mol. The number of likely N-dealkylation sites (tertiary alicyclic amines) is 1. The van der Waals surface area contributed by atoms with Crippen LogP contribution in [-0.2, 0) is 0 Å². The molecule has 2 N–H and O–H groups in total. The Morgan fingerprint density at radius 3 is 1.77 bits per heavy atom. The Morgan fingerprint density at radius 1 is 0.800 bits per heavy atom. The number of rotatable bonds is 9. The summed E-state index contributed by atoms with van der Waals surface area (Å²) in [5, 5.41) is 7.36. The first-order valence-corrected chi connectivity index (χ1v) is 12.3. The van der Waals surface area contributed by atoms with Gasteiger partial charge in [-0.15, -0.1) is 0 Å². The van der Waals surface area contributed by atoms with Gasteiger partial charge in [-0.3, -0.25) is 0 Å². The zero-order chi connectivity index (χ0) is 24.8. The molecule has 182 valence electrons. The topological polar surface area (TPSA) is 88.1 Å². The smallest absolute Gasteiger partial charge is 0.121 e. The molecule has 0 spiro atoms. The minimum absolute atomic E-state index is 0.0743. The van der Waals surface area contributed by atoms with E-state index in [1.807, 2.05) is 60.7 Å². The molecule has 0 saturated carbocycles. The summed E-state index contributed by atoms with van der Waals surface area (Å²) < 4.78 is 0. The van der Waals surface area contributed by atoms with Gasteiger partial charge in [0.1, 0.15) is 12.1 Å². The average Bonchev–Trinajstić information content (AvgIpc) is 2.88. The Bertz CT molecular complexity index is 1060. The van der Waals surface area contributed by atoms with Gasteiger partial charge in [0.25, 0.3) is 0 Å². The van der Waals surface area contributed by atoms with Crippen LogP contribution in [0.3, 0.4) is 0 Å². The SMILES string of the molecule is Cc1cccc(C2[C@@H](C(N=O)c3ccccc3)CN(CCN)C[C@@H]2C(N=O)c2ccccc2)c1C. The summed E-state index contributed by atoms with van der Waals surface area (Å²) in [5.74, 6) is -0.336. The molecule has 1 heterocycles. The van der Waals surface area contributed by atoms with E-state index >= 15 is 0 Å². The molecule has 0 bridgehead atoms. The van der Waals surface area contributed by atoms with Crippen LogP contribution in [0.15, 0.2) is 89.2 Å². The van der Waals surface area contributed by atoms with Crippen LogP contribution in [0.2, 0.25) is 0 Å². The summed E-state index contributed by atoms with van der Waals surface area (Å²) in [7, 11) is 0. The van der Waals surface area contributed by atoms with Crippen LogP contribution < -0.4 is 5.73 Å². The molecule has 0 aliphatic carbocycles. The third-order valence-corrected chi connectivity index (χ3v) is 7.63. The number of piperidine rings is 1. The van der Waals surface area contributed by atoms with Crippen molar-refractivity contribution in [1.82, 2.24) is 4.90 Å². The quantitative estimate of drug-likeness (QED) is 0.394. The highest BCUT2D eigenvalue weighted by Gasteiger charge is 2.46. The van der Waals surface area contributed by atoms with Gasteiger partial charge in [0, 0.05) is 38.0 Å². The van der Waals surface area contributed by atoms with E-state index in [-0.39, 0.29) is 17.8 Å². The van der Waals surface area contributed by atoms with Crippen molar-refractivity contribution >= 4 is 0 Å². The van der Waals surface area contributed by atoms with Crippen LogP contribution in [0, 0.1) is 35.5 Å². The van der Waals surface area contributed by atoms with E-state index in [4.69, 9.17) is 5.73 Å². The zero-order valence-corrected chi connectivity index (χ0v) is 20.5. The summed E-state index contributed by atoms with van der Waals surface area (Å²) >= 11 is 0. The van der Waals surface area contributed by atoms with Crippen LogP contribution in [0.25, 0.3) is 0 Å². The number of benzene rings is 3. The van der Waals surface area contributed by atoms with Crippen molar-refractivity contribution in [2.24, 2.45) is 27.9 Å². The van der Waals surface area contributed by atoms with E-state index in [2.05, 4.69) is 47.3 Å². The largest absolute Gasteiger partial charge is 0.329 e. The lowest BCUT2D eigenvalue weighted by molar-refractivity contribution is 0.0739. The number of hydrogen-bond donors (Lipinski definition) is 1. The van der Waals surface area contributed by atoms with Gasteiger partial charge < -0.3 is 10.6 Å². The van der Waals surface area contributed by atoms with Gasteiger partial charge in [0.15, 0.2) is 0 Å². The van der Waals surface area contributed by atoms with E-state index < -0.39 is 12.1 Å². The molecule has 1 aliphatic heterocycles. The lowest BCUT2D eigenvalue weighted by Crippen LogP contribution is -2.50. The molecule has 0 amide bonds. The molecule has 1 fully saturated rings. The van der Waals surface area contributed by atoms with E-state index in [0.717, 1.165) is 11.1 Å². The van der Waals surface area contributed by atoms with Crippen LogP contribution in [0.1, 0.15) is 45.8 Å². The van der Waals surface area contributed by atoms with Crippen molar-refractivity contribution < 1.29 is 0 Å². The Morgan fingerprint density at radius 2 is 1.31 bits per heavy atom. The van der Waals surface area contributed by atoms with Gasteiger partial charge in [-0.25, -0.2) is 0 Å². The maximum atomic E-state index is 12.4. The summed E-state index contributed by atoms with van der Waals surface area (Å²) in [5.41, 5.74) is 11.3. The van der Waals surface area contributed by atoms with E-state index in [1.165, 1.54) is 16.7 Å². The first-order valence-electron chi connectivity index (χ1n) is 12.3. The third-order valence-electron chi connectivity index (χ3n) is 7.63. The maximum Gasteiger partial charge on any atom is 0.121 e. The Balaban J connectivity index is 1.90. The molecule has 35 heavy (non-hydrogen) atoms. The normalized spacial score (nSPS) is 22.3. The predicted octanol–water partition coefficient (Wildman–Crippen LogP) is 5.91. The fraction of sp³-hybridized carbons (Fsp3) is 0.379. The van der Waals surface area contributed by atoms with Crippen molar-refractivity contribution in [3.8, 4) is 0 Å². The standard InChI is InChI=1S/C29H34N4O2/c1-20-10-9-15-24(21(20)2)27-25(28(31-34)22-11-5-3-6-12-22)18-33(17-16-30)19-26(27)29(32-35)23-13-7-4-8-14-23/h3-15,25-29H,16-19,30H2,1-2H3/t25-,26-,27?,28?,29?/m0/s1. The van der Waals surface area contributed by atoms with E-state index in [1.54, 1.807) is 0 Å². The molecule has 4 atom stereocenters. The van der Waals surface area contributed by atoms with Gasteiger partial charge in [-0.1, -0.05) is 89.2 Å². The molecular weight excluding hydrogens is 436 g/mol. The van der Waals surface area contributed by atoms with E-state index in [9.17, 15) is 9.81 Å². The first-order chi connectivity index (χ1) is 17.1. The number of nitrogens with two attached hydrogens (primary N) is 1. The van der Waals surface area contributed by atoms with Crippen molar-refractivity contribution in [1.29, 1.82) is 0 Å². The third kappa shape index (κ3) is 5.24. The molecule has 0 radical (unpaired) electrons. The highest BCUT2D eigenvalue weighted by molar-refractivity contribution is 5.39. The second kappa shape index (κ2) is 11.5. The van der Waals surface area contributed by atoms with Crippen molar-refractivity contribution in [2.45, 2.75) is 31.8 Å².